The lowest BCUT2D eigenvalue weighted by Gasteiger charge is -2.11. The molecule has 3 rings (SSSR count). The predicted molar refractivity (Wildman–Crippen MR) is 80.4 cm³/mol. The van der Waals surface area contributed by atoms with E-state index in [-0.39, 0.29) is 21.5 Å². The lowest BCUT2D eigenvalue weighted by Crippen LogP contribution is -2.06. The normalized spacial score (nSPS) is 10.9. The van der Waals surface area contributed by atoms with E-state index in [1.54, 1.807) is 36.4 Å². The maximum Gasteiger partial charge on any atom is 0.337 e. The second-order valence-corrected chi connectivity index (χ2v) is 5.01. The third kappa shape index (κ3) is 2.00. The molecule has 0 spiro atoms. The molecular formula is C16H9ClO4. The summed E-state index contributed by atoms with van der Waals surface area (Å²) in [7, 11) is 0. The molecule has 0 saturated carbocycles. The highest BCUT2D eigenvalue weighted by molar-refractivity contribution is 6.36. The Labute approximate surface area is 124 Å². The van der Waals surface area contributed by atoms with Gasteiger partial charge in [-0.2, -0.15) is 0 Å². The summed E-state index contributed by atoms with van der Waals surface area (Å²) in [5.41, 5.74) is -0.222. The summed E-state index contributed by atoms with van der Waals surface area (Å²) >= 11 is 5.95. The molecule has 0 amide bonds. The zero-order valence-electron chi connectivity index (χ0n) is 10.6. The molecule has 0 radical (unpaired) electrons. The molecule has 0 bridgehead atoms. The number of aromatic carboxylic acids is 2. The van der Waals surface area contributed by atoms with Gasteiger partial charge in [0, 0.05) is 5.39 Å². The number of halogens is 1. The van der Waals surface area contributed by atoms with Gasteiger partial charge in [-0.05, 0) is 28.3 Å². The predicted octanol–water partition coefficient (Wildman–Crippen LogP) is 4.04. The van der Waals surface area contributed by atoms with Crippen molar-refractivity contribution >= 4 is 45.1 Å². The van der Waals surface area contributed by atoms with E-state index in [4.69, 9.17) is 11.6 Å². The SMILES string of the molecule is O=C(O)c1c(Cl)ccc2cc3ccccc3c(C(=O)O)c12. The van der Waals surface area contributed by atoms with Gasteiger partial charge in [0.15, 0.2) is 0 Å². The van der Waals surface area contributed by atoms with Crippen LogP contribution in [0.2, 0.25) is 5.02 Å². The Morgan fingerprint density at radius 1 is 0.857 bits per heavy atom. The second-order valence-electron chi connectivity index (χ2n) is 4.60. The summed E-state index contributed by atoms with van der Waals surface area (Å²) in [6, 6.07) is 11.8. The van der Waals surface area contributed by atoms with Gasteiger partial charge in [0.05, 0.1) is 16.1 Å². The number of rotatable bonds is 2. The summed E-state index contributed by atoms with van der Waals surface area (Å²) < 4.78 is 0. The molecule has 0 aliphatic carbocycles. The Balaban J connectivity index is 2.66. The van der Waals surface area contributed by atoms with Gasteiger partial charge in [-0.25, -0.2) is 9.59 Å². The number of carboxylic acid groups (broad SMARTS) is 2. The Kier molecular flexibility index (Phi) is 3.03. The monoisotopic (exact) mass is 300 g/mol. The van der Waals surface area contributed by atoms with E-state index in [0.717, 1.165) is 5.39 Å². The van der Waals surface area contributed by atoms with Gasteiger partial charge in [0.25, 0.3) is 0 Å². The molecule has 21 heavy (non-hydrogen) atoms. The van der Waals surface area contributed by atoms with E-state index in [0.29, 0.717) is 10.8 Å². The first kappa shape index (κ1) is 13.4. The van der Waals surface area contributed by atoms with Crippen LogP contribution in [0.1, 0.15) is 20.7 Å². The van der Waals surface area contributed by atoms with Crippen molar-refractivity contribution in [3.05, 3.63) is 58.6 Å². The van der Waals surface area contributed by atoms with Crippen molar-refractivity contribution in [2.75, 3.05) is 0 Å². The third-order valence-electron chi connectivity index (χ3n) is 3.41. The minimum absolute atomic E-state index is 0.0211. The molecule has 3 aromatic rings. The lowest BCUT2D eigenvalue weighted by atomic mass is 9.93. The average Bonchev–Trinajstić information content (AvgIpc) is 2.44. The van der Waals surface area contributed by atoms with E-state index in [1.165, 1.54) is 6.07 Å². The summed E-state index contributed by atoms with van der Waals surface area (Å²) in [6.07, 6.45) is 0. The molecule has 0 unspecified atom stereocenters. The molecular weight excluding hydrogens is 292 g/mol. The van der Waals surface area contributed by atoms with Crippen molar-refractivity contribution in [3.8, 4) is 0 Å². The van der Waals surface area contributed by atoms with E-state index in [1.807, 2.05) is 0 Å². The molecule has 104 valence electrons. The topological polar surface area (TPSA) is 74.6 Å². The molecule has 0 aliphatic rings. The molecule has 3 aromatic carbocycles. The second kappa shape index (κ2) is 4.75. The maximum atomic E-state index is 11.7. The van der Waals surface area contributed by atoms with Crippen LogP contribution in [-0.2, 0) is 0 Å². The summed E-state index contributed by atoms with van der Waals surface area (Å²) in [5.74, 6) is -2.43. The van der Waals surface area contributed by atoms with Crippen LogP contribution in [0.25, 0.3) is 21.5 Å². The fourth-order valence-electron chi connectivity index (χ4n) is 2.57. The van der Waals surface area contributed by atoms with Crippen LogP contribution in [-0.4, -0.2) is 22.2 Å². The highest BCUT2D eigenvalue weighted by Gasteiger charge is 2.21. The van der Waals surface area contributed by atoms with Crippen molar-refractivity contribution < 1.29 is 19.8 Å². The van der Waals surface area contributed by atoms with Crippen LogP contribution < -0.4 is 0 Å². The highest BCUT2D eigenvalue weighted by atomic mass is 35.5. The van der Waals surface area contributed by atoms with E-state index in [2.05, 4.69) is 0 Å². The number of benzene rings is 3. The standard InChI is InChI=1S/C16H9ClO4/c17-11-6-5-9-7-8-3-1-2-4-10(8)13(15(18)19)12(9)14(11)16(20)21/h1-7H,(H,18,19)(H,20,21). The van der Waals surface area contributed by atoms with Crippen LogP contribution in [0.5, 0.6) is 0 Å². The third-order valence-corrected chi connectivity index (χ3v) is 3.72. The minimum atomic E-state index is -1.25. The Hall–Kier alpha value is -2.59. The van der Waals surface area contributed by atoms with Crippen LogP contribution in [0.15, 0.2) is 42.5 Å². The summed E-state index contributed by atoms with van der Waals surface area (Å²) in [6.45, 7) is 0. The van der Waals surface area contributed by atoms with Crippen molar-refractivity contribution in [3.63, 3.8) is 0 Å². The highest BCUT2D eigenvalue weighted by Crippen LogP contribution is 2.34. The van der Waals surface area contributed by atoms with Crippen molar-refractivity contribution in [2.24, 2.45) is 0 Å². The van der Waals surface area contributed by atoms with Gasteiger partial charge in [-0.1, -0.05) is 41.9 Å². The number of hydrogen-bond donors (Lipinski definition) is 2. The number of hydrogen-bond acceptors (Lipinski definition) is 2. The van der Waals surface area contributed by atoms with Crippen LogP contribution in [0.4, 0.5) is 0 Å². The number of carboxylic acids is 2. The Morgan fingerprint density at radius 3 is 2.19 bits per heavy atom. The molecule has 0 aromatic heterocycles. The smallest absolute Gasteiger partial charge is 0.337 e. The minimum Gasteiger partial charge on any atom is -0.478 e. The van der Waals surface area contributed by atoms with Gasteiger partial charge < -0.3 is 10.2 Å². The number of carbonyl (C=O) groups is 2. The first-order valence-electron chi connectivity index (χ1n) is 6.11. The fraction of sp³-hybridized carbons (Fsp3) is 0. The summed E-state index contributed by atoms with van der Waals surface area (Å²) in [5, 5.41) is 20.8. The molecule has 4 nitrogen and oxygen atoms in total. The average molecular weight is 301 g/mol. The fourth-order valence-corrected chi connectivity index (χ4v) is 2.81. The molecule has 0 aliphatic heterocycles. The van der Waals surface area contributed by atoms with Crippen molar-refractivity contribution in [1.82, 2.24) is 0 Å². The molecule has 0 heterocycles. The first-order valence-corrected chi connectivity index (χ1v) is 6.49. The maximum absolute atomic E-state index is 11.7. The van der Waals surface area contributed by atoms with Crippen LogP contribution in [0.3, 0.4) is 0 Å². The van der Waals surface area contributed by atoms with Crippen molar-refractivity contribution in [1.29, 1.82) is 0 Å². The molecule has 0 fully saturated rings. The zero-order chi connectivity index (χ0) is 15.1. The molecule has 0 atom stereocenters. The van der Waals surface area contributed by atoms with Gasteiger partial charge in [0.1, 0.15) is 0 Å². The lowest BCUT2D eigenvalue weighted by molar-refractivity contribution is 0.0696. The van der Waals surface area contributed by atoms with Crippen LogP contribution in [0, 0.1) is 0 Å². The molecule has 0 saturated heterocycles. The van der Waals surface area contributed by atoms with Gasteiger partial charge >= 0.3 is 11.9 Å². The quantitative estimate of drug-likeness (QED) is 0.700. The van der Waals surface area contributed by atoms with Gasteiger partial charge in [-0.3, -0.25) is 0 Å². The summed E-state index contributed by atoms with van der Waals surface area (Å²) in [4.78, 5) is 23.1. The molecule has 5 heteroatoms. The first-order chi connectivity index (χ1) is 10.0. The van der Waals surface area contributed by atoms with Crippen molar-refractivity contribution in [2.45, 2.75) is 0 Å². The largest absolute Gasteiger partial charge is 0.478 e. The Morgan fingerprint density at radius 2 is 1.52 bits per heavy atom. The molecule has 2 N–H and O–H groups in total. The van der Waals surface area contributed by atoms with Crippen LogP contribution >= 0.6 is 11.6 Å². The van der Waals surface area contributed by atoms with E-state index >= 15 is 0 Å². The van der Waals surface area contributed by atoms with E-state index in [9.17, 15) is 19.8 Å². The zero-order valence-corrected chi connectivity index (χ0v) is 11.4. The Bertz CT molecular complexity index is 915. The van der Waals surface area contributed by atoms with Gasteiger partial charge in [0.2, 0.25) is 0 Å². The number of fused-ring (bicyclic) bond motifs is 2. The van der Waals surface area contributed by atoms with Gasteiger partial charge in [-0.15, -0.1) is 0 Å². The van der Waals surface area contributed by atoms with E-state index < -0.39 is 11.9 Å².